The van der Waals surface area contributed by atoms with Gasteiger partial charge in [0, 0.05) is 0 Å². The van der Waals surface area contributed by atoms with Gasteiger partial charge in [-0.15, -0.1) is 0 Å². The van der Waals surface area contributed by atoms with Crippen LogP contribution < -0.4 is 0 Å². The molecule has 0 nitrogen and oxygen atoms in total. The highest BCUT2D eigenvalue weighted by Gasteiger charge is 1.85. The van der Waals surface area contributed by atoms with Crippen LogP contribution in [-0.4, -0.2) is 0 Å². The van der Waals surface area contributed by atoms with Gasteiger partial charge in [-0.25, -0.2) is 0 Å². The van der Waals surface area contributed by atoms with Gasteiger partial charge in [0.05, 0.1) is 0 Å². The maximum Gasteiger partial charge on any atom is -0.0139 e. The van der Waals surface area contributed by atoms with E-state index in [0.717, 1.165) is 6.42 Å². The van der Waals surface area contributed by atoms with Crippen molar-refractivity contribution < 1.29 is 0 Å². The van der Waals surface area contributed by atoms with Crippen molar-refractivity contribution in [3.8, 4) is 0 Å². The molecule has 0 radical (unpaired) electrons. The van der Waals surface area contributed by atoms with E-state index in [-0.39, 0.29) is 0 Å². The lowest BCUT2D eigenvalue weighted by atomic mass is 10.1. The molecule has 11 heavy (non-hydrogen) atoms. The zero-order chi connectivity index (χ0) is 9.11. The van der Waals surface area contributed by atoms with Crippen LogP contribution in [0.1, 0.15) is 47.5 Å². The second-order valence-electron chi connectivity index (χ2n) is 2.07. The van der Waals surface area contributed by atoms with E-state index in [1.165, 1.54) is 12.0 Å². The van der Waals surface area contributed by atoms with Gasteiger partial charge in [-0.1, -0.05) is 44.6 Å². The molecule has 0 spiro atoms. The van der Waals surface area contributed by atoms with E-state index >= 15 is 0 Å². The van der Waals surface area contributed by atoms with Crippen molar-refractivity contribution in [1.82, 2.24) is 0 Å². The van der Waals surface area contributed by atoms with E-state index in [1.54, 1.807) is 0 Å². The first kappa shape index (κ1) is 13.1. The fourth-order valence-electron chi connectivity index (χ4n) is 0.736. The molecule has 0 amide bonds. The first-order chi connectivity index (χ1) is 5.35. The van der Waals surface area contributed by atoms with Crippen molar-refractivity contribution in [2.24, 2.45) is 0 Å². The fourth-order valence-corrected chi connectivity index (χ4v) is 0.736. The third-order valence-electron chi connectivity index (χ3n) is 1.48. The molecule has 0 aromatic rings. The lowest BCUT2D eigenvalue weighted by molar-refractivity contribution is 1.02. The van der Waals surface area contributed by atoms with Crippen LogP contribution in [0.3, 0.4) is 0 Å². The SMILES string of the molecule is CC.CC=CC/C(=C\C)CC. The van der Waals surface area contributed by atoms with Gasteiger partial charge < -0.3 is 0 Å². The Balaban J connectivity index is 0. The summed E-state index contributed by atoms with van der Waals surface area (Å²) in [5, 5.41) is 0. The maximum absolute atomic E-state index is 2.19. The highest BCUT2D eigenvalue weighted by atomic mass is 13.9. The Morgan fingerprint density at radius 2 is 1.73 bits per heavy atom. The standard InChI is InChI=1S/C9H16.C2H6/c1-4-7-8-9(5-2)6-3;1-2/h4-5,7H,6,8H2,1-3H3;1-2H3/b7-4?,9-5-;. The molecule has 66 valence electrons. The van der Waals surface area contributed by atoms with Crippen molar-refractivity contribution in [3.05, 3.63) is 23.8 Å². The lowest BCUT2D eigenvalue weighted by Crippen LogP contribution is -1.75. The summed E-state index contributed by atoms with van der Waals surface area (Å²) in [6.07, 6.45) is 8.79. The Bertz CT molecular complexity index is 107. The predicted octanol–water partition coefficient (Wildman–Crippen LogP) is 4.34. The molecule has 0 fully saturated rings. The van der Waals surface area contributed by atoms with Gasteiger partial charge >= 0.3 is 0 Å². The summed E-state index contributed by atoms with van der Waals surface area (Å²) in [4.78, 5) is 0. The van der Waals surface area contributed by atoms with Gasteiger partial charge in [0.1, 0.15) is 0 Å². The minimum absolute atomic E-state index is 1.13. The summed E-state index contributed by atoms with van der Waals surface area (Å²) in [5.74, 6) is 0. The molecule has 0 aromatic heterocycles. The first-order valence-electron chi connectivity index (χ1n) is 4.60. The Morgan fingerprint density at radius 1 is 1.18 bits per heavy atom. The number of hydrogen-bond acceptors (Lipinski definition) is 0. The van der Waals surface area contributed by atoms with Crippen molar-refractivity contribution in [3.63, 3.8) is 0 Å². The fraction of sp³-hybridized carbons (Fsp3) is 0.636. The minimum Gasteiger partial charge on any atom is -0.0913 e. The van der Waals surface area contributed by atoms with Gasteiger partial charge in [-0.2, -0.15) is 0 Å². The van der Waals surface area contributed by atoms with Gasteiger partial charge in [0.15, 0.2) is 0 Å². The van der Waals surface area contributed by atoms with E-state index in [2.05, 4.69) is 39.0 Å². The molecule has 0 unspecified atom stereocenters. The lowest BCUT2D eigenvalue weighted by Gasteiger charge is -1.95. The molecule has 0 heteroatoms. The van der Waals surface area contributed by atoms with Gasteiger partial charge in [-0.05, 0) is 26.7 Å². The molecule has 0 aliphatic heterocycles. The second kappa shape index (κ2) is 12.2. The molecule has 0 N–H and O–H groups in total. The Morgan fingerprint density at radius 3 is 2.00 bits per heavy atom. The van der Waals surface area contributed by atoms with Crippen LogP contribution in [0.5, 0.6) is 0 Å². The van der Waals surface area contributed by atoms with Crippen LogP contribution in [0, 0.1) is 0 Å². The molecule has 0 aliphatic rings. The molecular formula is C11H22. The van der Waals surface area contributed by atoms with Crippen molar-refractivity contribution in [2.75, 3.05) is 0 Å². The van der Waals surface area contributed by atoms with E-state index in [1.807, 2.05) is 13.8 Å². The molecule has 0 saturated heterocycles. The molecule has 0 rings (SSSR count). The average Bonchev–Trinajstić information content (AvgIpc) is 2.10. The highest BCUT2D eigenvalue weighted by Crippen LogP contribution is 2.05. The molecule has 0 saturated carbocycles. The summed E-state index contributed by atoms with van der Waals surface area (Å²) < 4.78 is 0. The zero-order valence-corrected chi connectivity index (χ0v) is 8.65. The van der Waals surface area contributed by atoms with Crippen LogP contribution in [-0.2, 0) is 0 Å². The van der Waals surface area contributed by atoms with Crippen LogP contribution >= 0.6 is 0 Å². The van der Waals surface area contributed by atoms with Crippen molar-refractivity contribution >= 4 is 0 Å². The van der Waals surface area contributed by atoms with E-state index in [0.29, 0.717) is 0 Å². The zero-order valence-electron chi connectivity index (χ0n) is 8.65. The second-order valence-corrected chi connectivity index (χ2v) is 2.07. The predicted molar refractivity (Wildman–Crippen MR) is 54.8 cm³/mol. The number of allylic oxidation sites excluding steroid dienone is 4. The Hall–Kier alpha value is -0.520. The van der Waals surface area contributed by atoms with E-state index in [9.17, 15) is 0 Å². The Labute approximate surface area is 72.0 Å². The van der Waals surface area contributed by atoms with Crippen LogP contribution in [0.25, 0.3) is 0 Å². The Kier molecular flexibility index (Phi) is 14.5. The number of rotatable bonds is 3. The third-order valence-corrected chi connectivity index (χ3v) is 1.48. The first-order valence-corrected chi connectivity index (χ1v) is 4.60. The topological polar surface area (TPSA) is 0 Å². The van der Waals surface area contributed by atoms with E-state index in [4.69, 9.17) is 0 Å². The van der Waals surface area contributed by atoms with Gasteiger partial charge in [0.2, 0.25) is 0 Å². The van der Waals surface area contributed by atoms with Gasteiger partial charge in [-0.3, -0.25) is 0 Å². The van der Waals surface area contributed by atoms with Crippen molar-refractivity contribution in [1.29, 1.82) is 0 Å². The molecule has 0 aromatic carbocycles. The summed E-state index contributed by atoms with van der Waals surface area (Å²) in [5.41, 5.74) is 1.52. The largest absolute Gasteiger partial charge is 0.0913 e. The average molecular weight is 154 g/mol. The van der Waals surface area contributed by atoms with Crippen LogP contribution in [0.2, 0.25) is 0 Å². The molecule has 0 heterocycles. The maximum atomic E-state index is 2.19. The van der Waals surface area contributed by atoms with Crippen LogP contribution in [0.15, 0.2) is 23.8 Å². The molecule has 0 bridgehead atoms. The van der Waals surface area contributed by atoms with Crippen LogP contribution in [0.4, 0.5) is 0 Å². The summed E-state index contributed by atoms with van der Waals surface area (Å²) in [6, 6.07) is 0. The smallest absolute Gasteiger partial charge is 0.0139 e. The summed E-state index contributed by atoms with van der Waals surface area (Å²) in [6.45, 7) is 10.4. The molecule has 0 atom stereocenters. The van der Waals surface area contributed by atoms with E-state index < -0.39 is 0 Å². The van der Waals surface area contributed by atoms with Crippen molar-refractivity contribution in [2.45, 2.75) is 47.5 Å². The summed E-state index contributed by atoms with van der Waals surface area (Å²) in [7, 11) is 0. The number of hydrogen-bond donors (Lipinski definition) is 0. The normalized spacial score (nSPS) is 11.2. The summed E-state index contributed by atoms with van der Waals surface area (Å²) >= 11 is 0. The molecular weight excluding hydrogens is 132 g/mol. The monoisotopic (exact) mass is 154 g/mol. The molecule has 0 aliphatic carbocycles. The van der Waals surface area contributed by atoms with Gasteiger partial charge in [0.25, 0.3) is 0 Å². The third kappa shape index (κ3) is 9.48. The quantitative estimate of drug-likeness (QED) is 0.531. The highest BCUT2D eigenvalue weighted by molar-refractivity contribution is 5.04. The minimum atomic E-state index is 1.13.